The maximum absolute atomic E-state index is 5.58. The van der Waals surface area contributed by atoms with E-state index >= 15 is 0 Å². The molecule has 0 saturated heterocycles. The van der Waals surface area contributed by atoms with Crippen molar-refractivity contribution in [3.8, 4) is 5.75 Å². The smallest absolute Gasteiger partial charge is 0.119 e. The summed E-state index contributed by atoms with van der Waals surface area (Å²) in [6.45, 7) is 12.9. The van der Waals surface area contributed by atoms with Gasteiger partial charge in [-0.05, 0) is 36.5 Å². The predicted octanol–water partition coefficient (Wildman–Crippen LogP) is 4.17. The van der Waals surface area contributed by atoms with Crippen molar-refractivity contribution >= 4 is 0 Å². The third kappa shape index (κ3) is 5.54. The fourth-order valence-corrected chi connectivity index (χ4v) is 1.65. The molecule has 0 amide bonds. The van der Waals surface area contributed by atoms with Gasteiger partial charge in [0, 0.05) is 12.6 Å². The van der Waals surface area contributed by atoms with E-state index in [1.807, 2.05) is 0 Å². The molecule has 1 N–H and O–H groups in total. The molecule has 0 fully saturated rings. The summed E-state index contributed by atoms with van der Waals surface area (Å²) in [7, 11) is 0. The van der Waals surface area contributed by atoms with Crippen LogP contribution in [0.1, 0.15) is 52.6 Å². The number of rotatable bonds is 6. The highest BCUT2D eigenvalue weighted by Gasteiger charge is 2.12. The first-order valence-electron chi connectivity index (χ1n) is 6.88. The molecule has 1 unspecified atom stereocenters. The van der Waals surface area contributed by atoms with Gasteiger partial charge in [0.25, 0.3) is 0 Å². The molecule has 0 spiro atoms. The molecule has 1 aromatic rings. The summed E-state index contributed by atoms with van der Waals surface area (Å²) in [6, 6.07) is 8.78. The molecule has 0 radical (unpaired) electrons. The third-order valence-electron chi connectivity index (χ3n) is 2.79. The van der Waals surface area contributed by atoms with Crippen molar-refractivity contribution in [2.45, 2.75) is 47.1 Å². The lowest BCUT2D eigenvalue weighted by molar-refractivity contribution is 0.317. The van der Waals surface area contributed by atoms with Gasteiger partial charge in [-0.1, -0.05) is 39.8 Å². The van der Waals surface area contributed by atoms with Gasteiger partial charge in [-0.15, -0.1) is 0 Å². The van der Waals surface area contributed by atoms with Crippen LogP contribution >= 0.6 is 0 Å². The van der Waals surface area contributed by atoms with Crippen LogP contribution in [0.2, 0.25) is 0 Å². The monoisotopic (exact) mass is 249 g/mol. The highest BCUT2D eigenvalue weighted by molar-refractivity contribution is 5.28. The van der Waals surface area contributed by atoms with Crippen molar-refractivity contribution in [3.63, 3.8) is 0 Å². The molecule has 1 aromatic carbocycles. The standard InChI is InChI=1S/C16H27NO/c1-6-11-18-15-9-7-14(8-10-15)13(2)17-12-16(3,4)5/h7-10,13,17H,6,11-12H2,1-5H3. The van der Waals surface area contributed by atoms with Crippen molar-refractivity contribution in [1.29, 1.82) is 0 Å². The summed E-state index contributed by atoms with van der Waals surface area (Å²) in [5, 5.41) is 3.56. The molecule has 2 heteroatoms. The van der Waals surface area contributed by atoms with Gasteiger partial charge in [-0.3, -0.25) is 0 Å². The second kappa shape index (κ2) is 6.79. The van der Waals surface area contributed by atoms with Crippen molar-refractivity contribution in [2.75, 3.05) is 13.2 Å². The summed E-state index contributed by atoms with van der Waals surface area (Å²) in [5.41, 5.74) is 1.63. The van der Waals surface area contributed by atoms with Crippen molar-refractivity contribution in [2.24, 2.45) is 5.41 Å². The Labute approximate surface area is 112 Å². The zero-order chi connectivity index (χ0) is 13.6. The minimum absolute atomic E-state index is 0.318. The molecule has 1 rings (SSSR count). The zero-order valence-electron chi connectivity index (χ0n) is 12.4. The Morgan fingerprint density at radius 3 is 2.28 bits per heavy atom. The van der Waals surface area contributed by atoms with E-state index in [9.17, 15) is 0 Å². The minimum atomic E-state index is 0.318. The Hall–Kier alpha value is -1.02. The van der Waals surface area contributed by atoms with Crippen LogP contribution in [-0.4, -0.2) is 13.2 Å². The summed E-state index contributed by atoms with van der Waals surface area (Å²) in [5.74, 6) is 0.962. The van der Waals surface area contributed by atoms with E-state index < -0.39 is 0 Å². The molecule has 0 bridgehead atoms. The van der Waals surface area contributed by atoms with Crippen LogP contribution in [-0.2, 0) is 0 Å². The van der Waals surface area contributed by atoms with Crippen LogP contribution in [0.4, 0.5) is 0 Å². The molecule has 1 atom stereocenters. The van der Waals surface area contributed by atoms with Crippen molar-refractivity contribution in [1.82, 2.24) is 5.32 Å². The van der Waals surface area contributed by atoms with E-state index in [0.29, 0.717) is 11.5 Å². The Balaban J connectivity index is 2.51. The Bertz CT molecular complexity index is 337. The normalized spacial score (nSPS) is 13.4. The summed E-state index contributed by atoms with van der Waals surface area (Å²) in [4.78, 5) is 0. The lowest BCUT2D eigenvalue weighted by Crippen LogP contribution is -2.29. The van der Waals surface area contributed by atoms with Crippen LogP contribution < -0.4 is 10.1 Å². The molecule has 18 heavy (non-hydrogen) atoms. The summed E-state index contributed by atoms with van der Waals surface area (Å²) in [6.07, 6.45) is 1.05. The predicted molar refractivity (Wildman–Crippen MR) is 78.1 cm³/mol. The topological polar surface area (TPSA) is 21.3 Å². The number of nitrogens with one attached hydrogen (secondary N) is 1. The van der Waals surface area contributed by atoms with Gasteiger partial charge >= 0.3 is 0 Å². The molecule has 102 valence electrons. The lowest BCUT2D eigenvalue weighted by atomic mass is 9.96. The highest BCUT2D eigenvalue weighted by Crippen LogP contribution is 2.19. The molecule has 0 aliphatic carbocycles. The Morgan fingerprint density at radius 1 is 1.17 bits per heavy atom. The van der Waals surface area contributed by atoms with E-state index in [1.165, 1.54) is 5.56 Å². The first kappa shape index (κ1) is 15.0. The summed E-state index contributed by atoms with van der Waals surface area (Å²) < 4.78 is 5.58. The van der Waals surface area contributed by atoms with E-state index in [1.54, 1.807) is 0 Å². The first-order chi connectivity index (χ1) is 8.42. The number of hydrogen-bond donors (Lipinski definition) is 1. The van der Waals surface area contributed by atoms with Crippen LogP contribution in [0.5, 0.6) is 5.75 Å². The zero-order valence-corrected chi connectivity index (χ0v) is 12.4. The van der Waals surface area contributed by atoms with Crippen LogP contribution in [0.15, 0.2) is 24.3 Å². The average Bonchev–Trinajstić information content (AvgIpc) is 2.33. The largest absolute Gasteiger partial charge is 0.494 e. The fraction of sp³-hybridized carbons (Fsp3) is 0.625. The number of ether oxygens (including phenoxy) is 1. The molecule has 0 heterocycles. The lowest BCUT2D eigenvalue weighted by Gasteiger charge is -2.23. The highest BCUT2D eigenvalue weighted by atomic mass is 16.5. The van der Waals surface area contributed by atoms with Crippen molar-refractivity contribution < 1.29 is 4.74 Å². The number of benzene rings is 1. The van der Waals surface area contributed by atoms with Gasteiger partial charge in [0.2, 0.25) is 0 Å². The average molecular weight is 249 g/mol. The molecule has 0 aliphatic heterocycles. The molecule has 0 aromatic heterocycles. The molecule has 2 nitrogen and oxygen atoms in total. The van der Waals surface area contributed by atoms with Gasteiger partial charge in [0.05, 0.1) is 6.61 Å². The van der Waals surface area contributed by atoms with Crippen LogP contribution in [0.3, 0.4) is 0 Å². The maximum atomic E-state index is 5.58. The van der Waals surface area contributed by atoms with Gasteiger partial charge in [0.15, 0.2) is 0 Å². The van der Waals surface area contributed by atoms with E-state index in [-0.39, 0.29) is 0 Å². The summed E-state index contributed by atoms with van der Waals surface area (Å²) >= 11 is 0. The fourth-order valence-electron chi connectivity index (χ4n) is 1.65. The third-order valence-corrected chi connectivity index (χ3v) is 2.79. The van der Waals surface area contributed by atoms with Crippen molar-refractivity contribution in [3.05, 3.63) is 29.8 Å². The molecule has 0 aliphatic rings. The minimum Gasteiger partial charge on any atom is -0.494 e. The van der Waals surface area contributed by atoms with Gasteiger partial charge < -0.3 is 10.1 Å². The molecular formula is C16H27NO. The second-order valence-corrected chi connectivity index (χ2v) is 6.08. The van der Waals surface area contributed by atoms with Gasteiger partial charge in [-0.2, -0.15) is 0 Å². The SMILES string of the molecule is CCCOc1ccc(C(C)NCC(C)(C)C)cc1. The maximum Gasteiger partial charge on any atom is 0.119 e. The quantitative estimate of drug-likeness (QED) is 0.817. The van der Waals surface area contributed by atoms with Crippen LogP contribution in [0, 0.1) is 5.41 Å². The van der Waals surface area contributed by atoms with Gasteiger partial charge in [-0.25, -0.2) is 0 Å². The first-order valence-corrected chi connectivity index (χ1v) is 6.88. The van der Waals surface area contributed by atoms with Gasteiger partial charge in [0.1, 0.15) is 5.75 Å². The van der Waals surface area contributed by atoms with Crippen LogP contribution in [0.25, 0.3) is 0 Å². The van der Waals surface area contributed by atoms with E-state index in [2.05, 4.69) is 64.2 Å². The second-order valence-electron chi connectivity index (χ2n) is 6.08. The molecular weight excluding hydrogens is 222 g/mol. The van der Waals surface area contributed by atoms with E-state index in [0.717, 1.165) is 25.3 Å². The number of hydrogen-bond acceptors (Lipinski definition) is 2. The Kier molecular flexibility index (Phi) is 5.67. The van der Waals surface area contributed by atoms with E-state index in [4.69, 9.17) is 4.74 Å². The molecule has 0 saturated carbocycles. The Morgan fingerprint density at radius 2 is 1.78 bits per heavy atom.